The number of fused-ring (bicyclic) bond motifs is 3. The van der Waals surface area contributed by atoms with Gasteiger partial charge in [-0.1, -0.05) is 36.4 Å². The minimum absolute atomic E-state index is 1.15. The zero-order valence-corrected chi connectivity index (χ0v) is 10.3. The highest BCUT2D eigenvalue weighted by atomic mass is 14.7. The molecule has 0 radical (unpaired) electrons. The van der Waals surface area contributed by atoms with Crippen LogP contribution in [0.1, 0.15) is 0 Å². The number of H-pyrrole nitrogens is 1. The molecule has 0 saturated heterocycles. The van der Waals surface area contributed by atoms with Gasteiger partial charge in [0, 0.05) is 39.8 Å². The highest BCUT2D eigenvalue weighted by Crippen LogP contribution is 2.33. The third-order valence-corrected chi connectivity index (χ3v) is 3.50. The summed E-state index contributed by atoms with van der Waals surface area (Å²) in [5.74, 6) is 0. The standard InChI is InChI=1S/C17H12N2/c1-2-8-15-14(6-1)17-13(7-3-9-16(17)19-15)12-5-4-10-18-11-12/h1-11,19H. The van der Waals surface area contributed by atoms with E-state index >= 15 is 0 Å². The number of hydrogen-bond donors (Lipinski definition) is 1. The molecule has 0 aliphatic carbocycles. The fourth-order valence-corrected chi connectivity index (χ4v) is 2.66. The van der Waals surface area contributed by atoms with E-state index < -0.39 is 0 Å². The molecule has 2 heteroatoms. The number of nitrogens with zero attached hydrogens (tertiary/aromatic N) is 1. The normalized spacial score (nSPS) is 11.2. The van der Waals surface area contributed by atoms with E-state index in [1.54, 1.807) is 6.20 Å². The average Bonchev–Trinajstić information content (AvgIpc) is 2.86. The number of para-hydroxylation sites is 1. The van der Waals surface area contributed by atoms with Crippen LogP contribution in [0.2, 0.25) is 0 Å². The van der Waals surface area contributed by atoms with Crippen LogP contribution in [0.25, 0.3) is 32.9 Å². The van der Waals surface area contributed by atoms with Crippen molar-refractivity contribution in [2.24, 2.45) is 0 Å². The lowest BCUT2D eigenvalue weighted by molar-refractivity contribution is 1.33. The molecular weight excluding hydrogens is 232 g/mol. The largest absolute Gasteiger partial charge is 0.354 e. The summed E-state index contributed by atoms with van der Waals surface area (Å²) in [5, 5.41) is 2.53. The number of aromatic amines is 1. The first-order valence-electron chi connectivity index (χ1n) is 6.33. The van der Waals surface area contributed by atoms with Crippen LogP contribution >= 0.6 is 0 Å². The number of rotatable bonds is 1. The highest BCUT2D eigenvalue weighted by molar-refractivity contribution is 6.14. The van der Waals surface area contributed by atoms with Gasteiger partial charge >= 0.3 is 0 Å². The molecule has 0 spiro atoms. The van der Waals surface area contributed by atoms with Gasteiger partial charge in [-0.15, -0.1) is 0 Å². The summed E-state index contributed by atoms with van der Waals surface area (Å²) >= 11 is 0. The van der Waals surface area contributed by atoms with E-state index in [0.29, 0.717) is 0 Å². The molecular formula is C17H12N2. The van der Waals surface area contributed by atoms with Gasteiger partial charge in [0.05, 0.1) is 0 Å². The van der Waals surface area contributed by atoms with Gasteiger partial charge in [0.1, 0.15) is 0 Å². The maximum Gasteiger partial charge on any atom is 0.0471 e. The fraction of sp³-hybridized carbons (Fsp3) is 0. The van der Waals surface area contributed by atoms with E-state index in [4.69, 9.17) is 0 Å². The Morgan fingerprint density at radius 3 is 2.58 bits per heavy atom. The molecule has 0 aliphatic heterocycles. The molecule has 2 aromatic carbocycles. The van der Waals surface area contributed by atoms with Crippen molar-refractivity contribution in [1.82, 2.24) is 9.97 Å². The van der Waals surface area contributed by atoms with Gasteiger partial charge in [0.25, 0.3) is 0 Å². The minimum Gasteiger partial charge on any atom is -0.354 e. The van der Waals surface area contributed by atoms with Gasteiger partial charge in [-0.2, -0.15) is 0 Å². The summed E-state index contributed by atoms with van der Waals surface area (Å²) in [7, 11) is 0. The molecule has 1 N–H and O–H groups in total. The zero-order valence-electron chi connectivity index (χ0n) is 10.3. The number of hydrogen-bond acceptors (Lipinski definition) is 1. The van der Waals surface area contributed by atoms with Crippen molar-refractivity contribution in [3.63, 3.8) is 0 Å². The zero-order chi connectivity index (χ0) is 12.7. The summed E-state index contributed by atoms with van der Waals surface area (Å²) in [4.78, 5) is 7.69. The van der Waals surface area contributed by atoms with Gasteiger partial charge in [-0.05, 0) is 23.8 Å². The van der Waals surface area contributed by atoms with Crippen LogP contribution in [-0.4, -0.2) is 9.97 Å². The quantitative estimate of drug-likeness (QED) is 0.528. The Labute approximate surface area is 110 Å². The van der Waals surface area contributed by atoms with Crippen molar-refractivity contribution in [2.45, 2.75) is 0 Å². The molecule has 2 heterocycles. The SMILES string of the molecule is c1cncc(-c2cccc3[nH]c4ccccc4c23)c1. The van der Waals surface area contributed by atoms with E-state index in [2.05, 4.69) is 58.5 Å². The lowest BCUT2D eigenvalue weighted by Crippen LogP contribution is -1.80. The van der Waals surface area contributed by atoms with Gasteiger partial charge in [-0.25, -0.2) is 0 Å². The van der Waals surface area contributed by atoms with Gasteiger partial charge in [0.15, 0.2) is 0 Å². The highest BCUT2D eigenvalue weighted by Gasteiger charge is 2.09. The van der Waals surface area contributed by atoms with Gasteiger partial charge in [-0.3, -0.25) is 4.98 Å². The number of benzene rings is 2. The minimum atomic E-state index is 1.15. The maximum atomic E-state index is 4.22. The maximum absolute atomic E-state index is 4.22. The summed E-state index contributed by atoms with van der Waals surface area (Å²) in [5.41, 5.74) is 4.72. The molecule has 0 unspecified atom stereocenters. The smallest absolute Gasteiger partial charge is 0.0471 e. The van der Waals surface area contributed by atoms with Crippen LogP contribution in [0.15, 0.2) is 67.0 Å². The number of nitrogens with one attached hydrogen (secondary N) is 1. The first-order valence-corrected chi connectivity index (χ1v) is 6.33. The Balaban J connectivity index is 2.17. The Hall–Kier alpha value is -2.61. The predicted octanol–water partition coefficient (Wildman–Crippen LogP) is 4.38. The Morgan fingerprint density at radius 2 is 1.68 bits per heavy atom. The van der Waals surface area contributed by atoms with Gasteiger partial charge in [0.2, 0.25) is 0 Å². The Bertz CT molecular complexity index is 860. The summed E-state index contributed by atoms with van der Waals surface area (Å²) in [6.45, 7) is 0. The second kappa shape index (κ2) is 3.95. The third-order valence-electron chi connectivity index (χ3n) is 3.50. The van der Waals surface area contributed by atoms with E-state index in [0.717, 1.165) is 5.56 Å². The van der Waals surface area contributed by atoms with Crippen molar-refractivity contribution in [2.75, 3.05) is 0 Å². The van der Waals surface area contributed by atoms with Crippen LogP contribution < -0.4 is 0 Å². The molecule has 0 fully saturated rings. The molecule has 0 atom stereocenters. The molecule has 4 aromatic rings. The van der Waals surface area contributed by atoms with Crippen LogP contribution in [0.4, 0.5) is 0 Å². The fourth-order valence-electron chi connectivity index (χ4n) is 2.66. The lowest BCUT2D eigenvalue weighted by atomic mass is 10.0. The summed E-state index contributed by atoms with van der Waals surface area (Å²) in [6.07, 6.45) is 3.72. The molecule has 2 aromatic heterocycles. The first kappa shape index (κ1) is 10.3. The van der Waals surface area contributed by atoms with Crippen LogP contribution in [0, 0.1) is 0 Å². The molecule has 19 heavy (non-hydrogen) atoms. The van der Waals surface area contributed by atoms with E-state index in [-0.39, 0.29) is 0 Å². The molecule has 2 nitrogen and oxygen atoms in total. The van der Waals surface area contributed by atoms with Crippen LogP contribution in [-0.2, 0) is 0 Å². The topological polar surface area (TPSA) is 28.7 Å². The van der Waals surface area contributed by atoms with E-state index in [1.807, 2.05) is 12.3 Å². The van der Waals surface area contributed by atoms with Crippen molar-refractivity contribution in [3.8, 4) is 11.1 Å². The number of aromatic nitrogens is 2. The summed E-state index contributed by atoms with van der Waals surface area (Å²) in [6, 6.07) is 18.8. The molecule has 0 bridgehead atoms. The Kier molecular flexibility index (Phi) is 2.15. The molecule has 0 amide bonds. The van der Waals surface area contributed by atoms with E-state index in [9.17, 15) is 0 Å². The second-order valence-corrected chi connectivity index (χ2v) is 4.64. The molecule has 90 valence electrons. The average molecular weight is 244 g/mol. The first-order chi connectivity index (χ1) is 9.43. The predicted molar refractivity (Wildman–Crippen MR) is 79.0 cm³/mol. The molecule has 0 aliphatic rings. The van der Waals surface area contributed by atoms with Gasteiger partial charge < -0.3 is 4.98 Å². The van der Waals surface area contributed by atoms with Crippen LogP contribution in [0.5, 0.6) is 0 Å². The van der Waals surface area contributed by atoms with Crippen molar-refractivity contribution in [3.05, 3.63) is 67.0 Å². The van der Waals surface area contributed by atoms with Crippen molar-refractivity contribution < 1.29 is 0 Å². The van der Waals surface area contributed by atoms with Crippen molar-refractivity contribution >= 4 is 21.8 Å². The monoisotopic (exact) mass is 244 g/mol. The van der Waals surface area contributed by atoms with Crippen molar-refractivity contribution in [1.29, 1.82) is 0 Å². The second-order valence-electron chi connectivity index (χ2n) is 4.64. The molecule has 4 rings (SSSR count). The molecule has 0 saturated carbocycles. The van der Waals surface area contributed by atoms with E-state index in [1.165, 1.54) is 27.4 Å². The number of pyridine rings is 1. The Morgan fingerprint density at radius 1 is 0.789 bits per heavy atom. The van der Waals surface area contributed by atoms with Crippen LogP contribution in [0.3, 0.4) is 0 Å². The third kappa shape index (κ3) is 1.54. The lowest BCUT2D eigenvalue weighted by Gasteiger charge is -2.03. The summed E-state index contributed by atoms with van der Waals surface area (Å²) < 4.78 is 0.